The van der Waals surface area contributed by atoms with Crippen LogP contribution < -0.4 is 10.2 Å². The van der Waals surface area contributed by atoms with Crippen LogP contribution in [0.3, 0.4) is 0 Å². The Morgan fingerprint density at radius 1 is 0.900 bits per heavy atom. The van der Waals surface area contributed by atoms with Crippen molar-refractivity contribution in [2.45, 2.75) is 60.7 Å². The van der Waals surface area contributed by atoms with E-state index in [1.165, 1.54) is 16.7 Å². The molecule has 0 saturated heterocycles. The summed E-state index contributed by atoms with van der Waals surface area (Å²) in [6.45, 7) is 14.4. The minimum absolute atomic E-state index is 0.0875. The van der Waals surface area contributed by atoms with Gasteiger partial charge in [-0.2, -0.15) is 0 Å². The van der Waals surface area contributed by atoms with Crippen LogP contribution in [0.2, 0.25) is 0 Å². The predicted octanol–water partition coefficient (Wildman–Crippen LogP) is 3.17. The maximum atomic E-state index is 5.96. The molecule has 0 N–H and O–H groups in total. The molecule has 4 heteroatoms. The lowest BCUT2D eigenvalue weighted by Gasteiger charge is -2.24. The van der Waals surface area contributed by atoms with Gasteiger partial charge in [0.15, 0.2) is 0 Å². The van der Waals surface area contributed by atoms with Crippen molar-refractivity contribution in [3.63, 3.8) is 0 Å². The van der Waals surface area contributed by atoms with Crippen molar-refractivity contribution in [1.82, 2.24) is 0 Å². The van der Waals surface area contributed by atoms with Crippen molar-refractivity contribution in [3.05, 3.63) is 22.8 Å². The smallest absolute Gasteiger partial charge is 0.497 e. The zero-order valence-electron chi connectivity index (χ0n) is 14.0. The Labute approximate surface area is 123 Å². The SMILES string of the molecule is COc1cc(C)c(C)c(C)c1B(OC(C)C)OC(C)C. The summed E-state index contributed by atoms with van der Waals surface area (Å²) in [7, 11) is 1.29. The highest BCUT2D eigenvalue weighted by molar-refractivity contribution is 6.63. The first kappa shape index (κ1) is 17.1. The van der Waals surface area contributed by atoms with Crippen LogP contribution in [-0.2, 0) is 9.31 Å². The number of aryl methyl sites for hydroxylation is 1. The van der Waals surface area contributed by atoms with Crippen LogP contribution in [0.15, 0.2) is 6.07 Å². The third-order valence-corrected chi connectivity index (χ3v) is 3.42. The van der Waals surface area contributed by atoms with E-state index in [9.17, 15) is 0 Å². The van der Waals surface area contributed by atoms with E-state index in [-0.39, 0.29) is 12.2 Å². The van der Waals surface area contributed by atoms with Gasteiger partial charge in [0.05, 0.1) is 7.11 Å². The third kappa shape index (κ3) is 4.00. The fraction of sp³-hybridized carbons (Fsp3) is 0.625. The van der Waals surface area contributed by atoms with Crippen molar-refractivity contribution in [2.75, 3.05) is 7.11 Å². The minimum Gasteiger partial charge on any atom is -0.497 e. The molecule has 0 amide bonds. The molecule has 0 radical (unpaired) electrons. The maximum Gasteiger partial charge on any atom is 0.498 e. The molecule has 0 fully saturated rings. The average Bonchev–Trinajstić information content (AvgIpc) is 2.33. The number of hydrogen-bond donors (Lipinski definition) is 0. The monoisotopic (exact) mass is 278 g/mol. The van der Waals surface area contributed by atoms with E-state index in [2.05, 4.69) is 26.8 Å². The average molecular weight is 278 g/mol. The first-order valence-electron chi connectivity index (χ1n) is 7.23. The summed E-state index contributed by atoms with van der Waals surface area (Å²) in [5, 5.41) is 0. The van der Waals surface area contributed by atoms with Gasteiger partial charge in [-0.3, -0.25) is 0 Å². The van der Waals surface area contributed by atoms with Crippen molar-refractivity contribution >= 4 is 12.6 Å². The second kappa shape index (κ2) is 7.14. The predicted molar refractivity (Wildman–Crippen MR) is 85.0 cm³/mol. The van der Waals surface area contributed by atoms with Crippen molar-refractivity contribution in [2.24, 2.45) is 0 Å². The van der Waals surface area contributed by atoms with E-state index in [1.54, 1.807) is 7.11 Å². The molecule has 1 aromatic rings. The molecular formula is C16H27BO3. The Morgan fingerprint density at radius 3 is 1.80 bits per heavy atom. The van der Waals surface area contributed by atoms with Gasteiger partial charge in [0.25, 0.3) is 0 Å². The number of hydrogen-bond acceptors (Lipinski definition) is 3. The lowest BCUT2D eigenvalue weighted by atomic mass is 9.73. The summed E-state index contributed by atoms with van der Waals surface area (Å²) < 4.78 is 17.5. The van der Waals surface area contributed by atoms with Crippen LogP contribution >= 0.6 is 0 Å². The first-order valence-corrected chi connectivity index (χ1v) is 7.23. The quantitative estimate of drug-likeness (QED) is 0.748. The van der Waals surface area contributed by atoms with E-state index in [0.717, 1.165) is 11.2 Å². The molecule has 0 heterocycles. The zero-order valence-corrected chi connectivity index (χ0v) is 14.0. The third-order valence-electron chi connectivity index (χ3n) is 3.42. The molecule has 112 valence electrons. The molecule has 20 heavy (non-hydrogen) atoms. The van der Waals surface area contributed by atoms with Gasteiger partial charge in [-0.25, -0.2) is 0 Å². The molecule has 0 aliphatic heterocycles. The summed E-state index contributed by atoms with van der Waals surface area (Å²) in [6.07, 6.45) is 0.175. The largest absolute Gasteiger partial charge is 0.498 e. The van der Waals surface area contributed by atoms with Gasteiger partial charge in [-0.1, -0.05) is 0 Å². The van der Waals surface area contributed by atoms with Crippen LogP contribution in [-0.4, -0.2) is 26.4 Å². The normalized spacial score (nSPS) is 11.3. The first-order chi connectivity index (χ1) is 9.27. The molecule has 0 spiro atoms. The number of ether oxygens (including phenoxy) is 1. The fourth-order valence-corrected chi connectivity index (χ4v) is 2.19. The molecule has 3 nitrogen and oxygen atoms in total. The summed E-state index contributed by atoms with van der Waals surface area (Å²) in [4.78, 5) is 0. The Balaban J connectivity index is 3.33. The topological polar surface area (TPSA) is 27.7 Å². The lowest BCUT2D eigenvalue weighted by molar-refractivity contribution is 0.138. The van der Waals surface area contributed by atoms with E-state index >= 15 is 0 Å². The Kier molecular flexibility index (Phi) is 6.09. The summed E-state index contributed by atoms with van der Waals surface area (Å²) in [5.41, 5.74) is 4.65. The van der Waals surface area contributed by atoms with Gasteiger partial charge in [0, 0.05) is 17.7 Å². The molecule has 0 aromatic heterocycles. The van der Waals surface area contributed by atoms with Crippen LogP contribution in [0.5, 0.6) is 5.75 Å². The fourth-order valence-electron chi connectivity index (χ4n) is 2.19. The Bertz CT molecular complexity index is 446. The summed E-state index contributed by atoms with van der Waals surface area (Å²) in [5.74, 6) is 0.830. The van der Waals surface area contributed by atoms with Gasteiger partial charge >= 0.3 is 7.12 Å². The van der Waals surface area contributed by atoms with E-state index in [0.29, 0.717) is 0 Å². The molecular weight excluding hydrogens is 251 g/mol. The van der Waals surface area contributed by atoms with Gasteiger partial charge < -0.3 is 14.0 Å². The highest BCUT2D eigenvalue weighted by atomic mass is 16.6. The summed E-state index contributed by atoms with van der Waals surface area (Å²) >= 11 is 0. The summed E-state index contributed by atoms with van der Waals surface area (Å²) in [6, 6.07) is 2.05. The number of benzene rings is 1. The number of rotatable bonds is 6. The molecule has 0 aliphatic rings. The molecule has 0 saturated carbocycles. The molecule has 1 rings (SSSR count). The second-order valence-electron chi connectivity index (χ2n) is 5.76. The van der Waals surface area contributed by atoms with Crippen molar-refractivity contribution in [3.8, 4) is 5.75 Å². The van der Waals surface area contributed by atoms with Gasteiger partial charge in [0.2, 0.25) is 0 Å². The standard InChI is InChI=1S/C16H27BO3/c1-10(2)19-17(20-11(3)4)16-14(7)13(6)12(5)9-15(16)18-8/h9-11H,1-8H3. The minimum atomic E-state index is -0.399. The van der Waals surface area contributed by atoms with Crippen molar-refractivity contribution in [1.29, 1.82) is 0 Å². The van der Waals surface area contributed by atoms with E-state index in [1.807, 2.05) is 27.7 Å². The lowest BCUT2D eigenvalue weighted by Crippen LogP contribution is -2.43. The van der Waals surface area contributed by atoms with Crippen molar-refractivity contribution < 1.29 is 14.0 Å². The van der Waals surface area contributed by atoms with Crippen LogP contribution in [0.1, 0.15) is 44.4 Å². The Morgan fingerprint density at radius 2 is 1.40 bits per heavy atom. The van der Waals surface area contributed by atoms with Crippen LogP contribution in [0, 0.1) is 20.8 Å². The van der Waals surface area contributed by atoms with Gasteiger partial charge in [-0.15, -0.1) is 0 Å². The number of methoxy groups -OCH3 is 1. The maximum absolute atomic E-state index is 5.96. The molecule has 0 bridgehead atoms. The van der Waals surface area contributed by atoms with Crippen LogP contribution in [0.4, 0.5) is 0 Å². The highest BCUT2D eigenvalue weighted by Crippen LogP contribution is 2.21. The molecule has 0 aliphatic carbocycles. The second-order valence-corrected chi connectivity index (χ2v) is 5.76. The van der Waals surface area contributed by atoms with Gasteiger partial charge in [0.1, 0.15) is 5.75 Å². The van der Waals surface area contributed by atoms with Crippen LogP contribution in [0.25, 0.3) is 0 Å². The Hall–Kier alpha value is -0.995. The van der Waals surface area contributed by atoms with E-state index < -0.39 is 7.12 Å². The molecule has 0 atom stereocenters. The van der Waals surface area contributed by atoms with E-state index in [4.69, 9.17) is 14.0 Å². The van der Waals surface area contributed by atoms with Gasteiger partial charge in [-0.05, 0) is 71.2 Å². The molecule has 0 unspecified atom stereocenters. The molecule has 1 aromatic carbocycles. The zero-order chi connectivity index (χ0) is 15.4. The highest BCUT2D eigenvalue weighted by Gasteiger charge is 2.30.